The number of nitrogens with one attached hydrogen (secondary N) is 1. The molecule has 0 saturated carbocycles. The van der Waals surface area contributed by atoms with Gasteiger partial charge in [-0.3, -0.25) is 9.59 Å². The summed E-state index contributed by atoms with van der Waals surface area (Å²) in [5.41, 5.74) is 0. The fourth-order valence-electron chi connectivity index (χ4n) is 10.7. The van der Waals surface area contributed by atoms with Gasteiger partial charge in [-0.2, -0.15) is 0 Å². The van der Waals surface area contributed by atoms with Crippen LogP contribution in [-0.4, -0.2) is 37.1 Å². The first-order valence-corrected chi connectivity index (χ1v) is 33.7. The summed E-state index contributed by atoms with van der Waals surface area (Å²) in [6, 6.07) is -0.804. The quantitative estimate of drug-likeness (QED) is 0.0485. The normalized spacial score (nSPS) is 11.9. The standard InChI is InChI=1S/C67H131NO5/c1-4-7-10-13-16-19-22-25-28-30-32-34-36-39-42-45-48-51-54-57-62-72-66(70)61-60-64(68-65(69)59-56-53-50-47-44-41-38-27-24-21-18-15-12-9-6-3)67(71)73-63-58-55-52-49-46-43-40-37-35-33-31-29-26-23-20-17-14-11-8-5-2/h64H,4-63H2,1-3H3,(H,68,69)/t64-/m0/s1. The lowest BCUT2D eigenvalue weighted by atomic mass is 10.0. The van der Waals surface area contributed by atoms with E-state index in [9.17, 15) is 14.4 Å². The predicted octanol–water partition coefficient (Wildman–Crippen LogP) is 22.2. The Morgan fingerprint density at radius 1 is 0.274 bits per heavy atom. The van der Waals surface area contributed by atoms with Gasteiger partial charge in [0, 0.05) is 12.8 Å². The molecule has 0 aliphatic rings. The Morgan fingerprint density at radius 2 is 0.493 bits per heavy atom. The molecule has 1 amide bonds. The van der Waals surface area contributed by atoms with E-state index in [2.05, 4.69) is 26.1 Å². The monoisotopic (exact) mass is 1030 g/mol. The van der Waals surface area contributed by atoms with Crippen molar-refractivity contribution < 1.29 is 23.9 Å². The zero-order valence-corrected chi connectivity index (χ0v) is 50.0. The highest BCUT2D eigenvalue weighted by atomic mass is 16.5. The molecule has 0 aromatic carbocycles. The molecular weight excluding hydrogens is 899 g/mol. The molecule has 0 aromatic heterocycles. The van der Waals surface area contributed by atoms with Crippen molar-refractivity contribution in [2.24, 2.45) is 0 Å². The van der Waals surface area contributed by atoms with Crippen molar-refractivity contribution >= 4 is 17.8 Å². The van der Waals surface area contributed by atoms with Crippen LogP contribution in [0.15, 0.2) is 0 Å². The van der Waals surface area contributed by atoms with E-state index in [0.717, 1.165) is 44.9 Å². The van der Waals surface area contributed by atoms with Crippen LogP contribution in [0.1, 0.15) is 393 Å². The average molecular weight is 1030 g/mol. The minimum absolute atomic E-state index is 0.109. The van der Waals surface area contributed by atoms with Gasteiger partial charge in [0.1, 0.15) is 6.04 Å². The lowest BCUT2D eigenvalue weighted by molar-refractivity contribution is -0.149. The summed E-state index contributed by atoms with van der Waals surface area (Å²) in [6.07, 6.45) is 73.5. The molecule has 73 heavy (non-hydrogen) atoms. The molecule has 0 radical (unpaired) electrons. The second kappa shape index (κ2) is 62.9. The first-order valence-electron chi connectivity index (χ1n) is 33.7. The second-order valence-electron chi connectivity index (χ2n) is 23.2. The van der Waals surface area contributed by atoms with Crippen molar-refractivity contribution in [3.63, 3.8) is 0 Å². The van der Waals surface area contributed by atoms with E-state index in [-0.39, 0.29) is 24.7 Å². The molecule has 0 bridgehead atoms. The Hall–Kier alpha value is -1.59. The van der Waals surface area contributed by atoms with Crippen LogP contribution in [-0.2, 0) is 23.9 Å². The molecule has 6 nitrogen and oxygen atoms in total. The van der Waals surface area contributed by atoms with Crippen LogP contribution in [0.4, 0.5) is 0 Å². The molecule has 0 aliphatic carbocycles. The van der Waals surface area contributed by atoms with Crippen LogP contribution < -0.4 is 5.32 Å². The lowest BCUT2D eigenvalue weighted by Gasteiger charge is -2.18. The Labute approximate surface area is 457 Å². The SMILES string of the molecule is CCCCCCCCCCCCCCCCCCCCCCOC(=O)CC[C@H](NC(=O)CCCCCCCCCCCCCCCCC)C(=O)OCCCCCCCCCCCCCCCCCCCCCC. The number of rotatable bonds is 63. The summed E-state index contributed by atoms with van der Waals surface area (Å²) in [5, 5.41) is 2.95. The van der Waals surface area contributed by atoms with Crippen LogP contribution in [0, 0.1) is 0 Å². The summed E-state index contributed by atoms with van der Waals surface area (Å²) in [7, 11) is 0. The van der Waals surface area contributed by atoms with Crippen molar-refractivity contribution in [3.8, 4) is 0 Å². The van der Waals surface area contributed by atoms with E-state index in [1.807, 2.05) is 0 Å². The largest absolute Gasteiger partial charge is 0.466 e. The molecule has 0 fully saturated rings. The van der Waals surface area contributed by atoms with E-state index in [4.69, 9.17) is 9.47 Å². The third-order valence-corrected chi connectivity index (χ3v) is 15.8. The highest BCUT2D eigenvalue weighted by Gasteiger charge is 2.23. The van der Waals surface area contributed by atoms with E-state index in [0.29, 0.717) is 19.6 Å². The van der Waals surface area contributed by atoms with Gasteiger partial charge in [-0.25, -0.2) is 4.79 Å². The van der Waals surface area contributed by atoms with Crippen molar-refractivity contribution in [1.29, 1.82) is 0 Å². The summed E-state index contributed by atoms with van der Waals surface area (Å²) in [4.78, 5) is 39.1. The average Bonchev–Trinajstić information content (AvgIpc) is 3.39. The van der Waals surface area contributed by atoms with Gasteiger partial charge in [-0.05, 0) is 25.7 Å². The Balaban J connectivity index is 4.25. The first-order chi connectivity index (χ1) is 36.0. The number of hydrogen-bond donors (Lipinski definition) is 1. The third-order valence-electron chi connectivity index (χ3n) is 15.8. The number of carbonyl (C=O) groups excluding carboxylic acids is 3. The van der Waals surface area contributed by atoms with Gasteiger partial charge in [-0.15, -0.1) is 0 Å². The Kier molecular flexibility index (Phi) is 61.6. The summed E-state index contributed by atoms with van der Waals surface area (Å²) >= 11 is 0. The van der Waals surface area contributed by atoms with Crippen molar-refractivity contribution in [1.82, 2.24) is 5.32 Å². The molecule has 434 valence electrons. The van der Waals surface area contributed by atoms with Crippen LogP contribution in [0.25, 0.3) is 0 Å². The van der Waals surface area contributed by atoms with E-state index in [1.54, 1.807) is 0 Å². The maximum atomic E-state index is 13.3. The summed E-state index contributed by atoms with van der Waals surface area (Å²) in [5.74, 6) is -0.820. The van der Waals surface area contributed by atoms with Crippen LogP contribution in [0.3, 0.4) is 0 Å². The number of unbranched alkanes of at least 4 members (excludes halogenated alkanes) is 52. The molecule has 0 saturated heterocycles. The second-order valence-corrected chi connectivity index (χ2v) is 23.2. The predicted molar refractivity (Wildman–Crippen MR) is 319 cm³/mol. The molecule has 0 aromatic rings. The molecule has 0 rings (SSSR count). The van der Waals surface area contributed by atoms with Gasteiger partial charge >= 0.3 is 11.9 Å². The fraction of sp³-hybridized carbons (Fsp3) is 0.955. The summed E-state index contributed by atoms with van der Waals surface area (Å²) < 4.78 is 11.3. The molecule has 0 spiro atoms. The molecule has 1 atom stereocenters. The van der Waals surface area contributed by atoms with Crippen LogP contribution in [0.2, 0.25) is 0 Å². The number of ether oxygens (including phenoxy) is 2. The topological polar surface area (TPSA) is 81.7 Å². The molecule has 1 N–H and O–H groups in total. The summed E-state index contributed by atoms with van der Waals surface area (Å²) in [6.45, 7) is 7.66. The van der Waals surface area contributed by atoms with Gasteiger partial charge in [-0.1, -0.05) is 355 Å². The van der Waals surface area contributed by atoms with Gasteiger partial charge in [0.25, 0.3) is 0 Å². The van der Waals surface area contributed by atoms with Crippen molar-refractivity contribution in [3.05, 3.63) is 0 Å². The molecule has 6 heteroatoms. The van der Waals surface area contributed by atoms with Crippen molar-refractivity contribution in [2.45, 2.75) is 399 Å². The smallest absolute Gasteiger partial charge is 0.328 e. The van der Waals surface area contributed by atoms with Crippen LogP contribution in [0.5, 0.6) is 0 Å². The van der Waals surface area contributed by atoms with E-state index in [1.165, 1.54) is 308 Å². The van der Waals surface area contributed by atoms with E-state index >= 15 is 0 Å². The van der Waals surface area contributed by atoms with Crippen molar-refractivity contribution in [2.75, 3.05) is 13.2 Å². The number of hydrogen-bond acceptors (Lipinski definition) is 5. The van der Waals surface area contributed by atoms with E-state index < -0.39 is 12.0 Å². The maximum Gasteiger partial charge on any atom is 0.328 e. The zero-order chi connectivity index (χ0) is 52.9. The minimum Gasteiger partial charge on any atom is -0.466 e. The fourth-order valence-corrected chi connectivity index (χ4v) is 10.7. The van der Waals surface area contributed by atoms with Crippen LogP contribution >= 0.6 is 0 Å². The van der Waals surface area contributed by atoms with Gasteiger partial charge in [0.05, 0.1) is 13.2 Å². The Morgan fingerprint density at radius 3 is 0.753 bits per heavy atom. The highest BCUT2D eigenvalue weighted by molar-refractivity contribution is 5.85. The maximum absolute atomic E-state index is 13.3. The third kappa shape index (κ3) is 59.5. The molecule has 0 aliphatic heterocycles. The number of carbonyl (C=O) groups is 3. The molecule has 0 heterocycles. The first kappa shape index (κ1) is 71.4. The lowest BCUT2D eigenvalue weighted by Crippen LogP contribution is -2.42. The highest BCUT2D eigenvalue weighted by Crippen LogP contribution is 2.19. The van der Waals surface area contributed by atoms with Gasteiger partial charge in [0.15, 0.2) is 0 Å². The molecular formula is C67H131NO5. The minimum atomic E-state index is -0.804. The zero-order valence-electron chi connectivity index (χ0n) is 50.0. The molecule has 0 unspecified atom stereocenters. The number of amides is 1. The number of esters is 2. The van der Waals surface area contributed by atoms with Gasteiger partial charge < -0.3 is 14.8 Å². The Bertz CT molecular complexity index is 1100. The van der Waals surface area contributed by atoms with Gasteiger partial charge in [0.2, 0.25) is 5.91 Å².